The summed E-state index contributed by atoms with van der Waals surface area (Å²) in [6.45, 7) is 5.03. The summed E-state index contributed by atoms with van der Waals surface area (Å²) < 4.78 is 29.8. The molecule has 0 N–H and O–H groups in total. The van der Waals surface area contributed by atoms with E-state index >= 15 is 0 Å². The molecule has 0 radical (unpaired) electrons. The molecule has 98 valence electrons. The Bertz CT molecular complexity index is 510. The van der Waals surface area contributed by atoms with Crippen LogP contribution in [0.25, 0.3) is 0 Å². The highest BCUT2D eigenvalue weighted by Gasteiger charge is 2.29. The predicted octanol–water partition coefficient (Wildman–Crippen LogP) is 2.02. The second-order valence-corrected chi connectivity index (χ2v) is 5.20. The molecule has 0 spiro atoms. The van der Waals surface area contributed by atoms with Crippen molar-refractivity contribution >= 4 is 16.1 Å². The monoisotopic (exact) mass is 269 g/mol. The Hall–Kier alpha value is -1.82. The van der Waals surface area contributed by atoms with Crippen molar-refractivity contribution < 1.29 is 17.9 Å². The third kappa shape index (κ3) is 3.10. The van der Waals surface area contributed by atoms with Crippen LogP contribution in [0.1, 0.15) is 6.92 Å². The van der Waals surface area contributed by atoms with Gasteiger partial charge in [0.1, 0.15) is 0 Å². The van der Waals surface area contributed by atoms with Gasteiger partial charge in [0.2, 0.25) is 0 Å². The van der Waals surface area contributed by atoms with Gasteiger partial charge in [-0.2, -0.15) is 4.31 Å². The molecule has 1 aromatic carbocycles. The second kappa shape index (κ2) is 6.20. The molecule has 1 rings (SSSR count). The molecule has 0 aliphatic rings. The van der Waals surface area contributed by atoms with E-state index in [0.717, 1.165) is 0 Å². The van der Waals surface area contributed by atoms with Crippen LogP contribution in [0.4, 0.5) is 4.79 Å². The minimum Gasteiger partial charge on any atom is -0.449 e. The first-order valence-electron chi connectivity index (χ1n) is 5.39. The van der Waals surface area contributed by atoms with Gasteiger partial charge in [0.15, 0.2) is 0 Å². The lowest BCUT2D eigenvalue weighted by atomic mass is 10.4. The molecule has 6 heteroatoms. The van der Waals surface area contributed by atoms with Gasteiger partial charge in [-0.1, -0.05) is 24.3 Å². The number of rotatable bonds is 5. The van der Waals surface area contributed by atoms with Gasteiger partial charge in [-0.05, 0) is 19.1 Å². The number of benzene rings is 1. The third-order valence-electron chi connectivity index (χ3n) is 2.10. The number of nitrogens with zero attached hydrogens (tertiary/aromatic N) is 1. The number of hydrogen-bond donors (Lipinski definition) is 0. The van der Waals surface area contributed by atoms with E-state index in [4.69, 9.17) is 4.74 Å². The zero-order chi connectivity index (χ0) is 13.6. The number of sulfonamides is 1. The molecule has 0 heterocycles. The molecule has 0 aliphatic heterocycles. The number of ether oxygens (including phenoxy) is 1. The highest BCUT2D eigenvalue weighted by atomic mass is 32.2. The molecule has 0 atom stereocenters. The van der Waals surface area contributed by atoms with E-state index in [1.54, 1.807) is 25.1 Å². The van der Waals surface area contributed by atoms with Gasteiger partial charge in [-0.25, -0.2) is 13.2 Å². The molecule has 0 bridgehead atoms. The average Bonchev–Trinajstić information content (AvgIpc) is 2.37. The first kappa shape index (κ1) is 14.2. The lowest BCUT2D eigenvalue weighted by molar-refractivity contribution is 0.133. The third-order valence-corrected chi connectivity index (χ3v) is 3.84. The highest BCUT2D eigenvalue weighted by Crippen LogP contribution is 2.16. The largest absolute Gasteiger partial charge is 0.449 e. The molecule has 0 aliphatic carbocycles. The Morgan fingerprint density at radius 2 is 2.00 bits per heavy atom. The number of amides is 1. The molecule has 0 saturated carbocycles. The van der Waals surface area contributed by atoms with E-state index in [9.17, 15) is 13.2 Å². The van der Waals surface area contributed by atoms with Gasteiger partial charge in [0, 0.05) is 0 Å². The summed E-state index contributed by atoms with van der Waals surface area (Å²) >= 11 is 0. The molecule has 5 nitrogen and oxygen atoms in total. The molecule has 1 aromatic rings. The fourth-order valence-corrected chi connectivity index (χ4v) is 2.61. The van der Waals surface area contributed by atoms with E-state index in [0.29, 0.717) is 4.31 Å². The van der Waals surface area contributed by atoms with Crippen LogP contribution in [-0.2, 0) is 14.8 Å². The number of carbonyl (C=O) groups excluding carboxylic acids is 1. The maximum absolute atomic E-state index is 12.2. The van der Waals surface area contributed by atoms with E-state index in [1.807, 2.05) is 0 Å². The molecular formula is C12H15NO4S. The smallest absolute Gasteiger partial charge is 0.424 e. The maximum atomic E-state index is 12.2. The Morgan fingerprint density at radius 3 is 2.50 bits per heavy atom. The van der Waals surface area contributed by atoms with E-state index in [2.05, 4.69) is 6.58 Å². The summed E-state index contributed by atoms with van der Waals surface area (Å²) in [6, 6.07) is 7.71. The van der Waals surface area contributed by atoms with Crippen molar-refractivity contribution in [2.45, 2.75) is 11.8 Å². The molecular weight excluding hydrogens is 254 g/mol. The van der Waals surface area contributed by atoms with Crippen molar-refractivity contribution in [3.63, 3.8) is 0 Å². The average molecular weight is 269 g/mol. The first-order valence-corrected chi connectivity index (χ1v) is 6.83. The van der Waals surface area contributed by atoms with Crippen LogP contribution in [0.2, 0.25) is 0 Å². The van der Waals surface area contributed by atoms with Gasteiger partial charge in [0.05, 0.1) is 18.0 Å². The van der Waals surface area contributed by atoms with Gasteiger partial charge in [-0.3, -0.25) is 0 Å². The maximum Gasteiger partial charge on any atom is 0.424 e. The van der Waals surface area contributed by atoms with Crippen molar-refractivity contribution in [1.29, 1.82) is 0 Å². The van der Waals surface area contributed by atoms with Gasteiger partial charge >= 0.3 is 6.09 Å². The Kier molecular flexibility index (Phi) is 4.91. The van der Waals surface area contributed by atoms with E-state index in [1.165, 1.54) is 18.2 Å². The Labute approximate surface area is 107 Å². The van der Waals surface area contributed by atoms with Crippen LogP contribution in [0.5, 0.6) is 0 Å². The van der Waals surface area contributed by atoms with Crippen LogP contribution in [-0.4, -0.2) is 32.0 Å². The van der Waals surface area contributed by atoms with Crippen molar-refractivity contribution in [3.8, 4) is 0 Å². The second-order valence-electron chi connectivity index (χ2n) is 3.34. The lowest BCUT2D eigenvalue weighted by Crippen LogP contribution is -2.37. The fourth-order valence-electron chi connectivity index (χ4n) is 1.30. The van der Waals surface area contributed by atoms with Crippen molar-refractivity contribution in [1.82, 2.24) is 4.31 Å². The molecule has 0 unspecified atom stereocenters. The van der Waals surface area contributed by atoms with Gasteiger partial charge < -0.3 is 4.74 Å². The summed E-state index contributed by atoms with van der Waals surface area (Å²) in [7, 11) is -3.90. The summed E-state index contributed by atoms with van der Waals surface area (Å²) in [4.78, 5) is 11.7. The van der Waals surface area contributed by atoms with Gasteiger partial charge in [-0.15, -0.1) is 6.58 Å². The fraction of sp³-hybridized carbons (Fsp3) is 0.250. The van der Waals surface area contributed by atoms with Crippen LogP contribution < -0.4 is 0 Å². The normalized spacial score (nSPS) is 10.7. The van der Waals surface area contributed by atoms with Crippen LogP contribution in [0.3, 0.4) is 0 Å². The molecule has 0 fully saturated rings. The zero-order valence-electron chi connectivity index (χ0n) is 10.1. The quantitative estimate of drug-likeness (QED) is 0.767. The summed E-state index contributed by atoms with van der Waals surface area (Å²) in [5.74, 6) is 0. The van der Waals surface area contributed by atoms with Crippen LogP contribution >= 0.6 is 0 Å². The molecule has 1 amide bonds. The van der Waals surface area contributed by atoms with E-state index in [-0.39, 0.29) is 18.0 Å². The summed E-state index contributed by atoms with van der Waals surface area (Å²) in [5.41, 5.74) is 0. The molecule has 0 saturated heterocycles. The van der Waals surface area contributed by atoms with Crippen molar-refractivity contribution in [2.24, 2.45) is 0 Å². The van der Waals surface area contributed by atoms with E-state index < -0.39 is 16.1 Å². The number of hydrogen-bond acceptors (Lipinski definition) is 4. The summed E-state index contributed by atoms with van der Waals surface area (Å²) in [5, 5.41) is 0. The topological polar surface area (TPSA) is 63.7 Å². The van der Waals surface area contributed by atoms with Gasteiger partial charge in [0.25, 0.3) is 10.0 Å². The number of carbonyl (C=O) groups is 1. The zero-order valence-corrected chi connectivity index (χ0v) is 10.9. The minimum atomic E-state index is -3.90. The van der Waals surface area contributed by atoms with Crippen molar-refractivity contribution in [2.75, 3.05) is 13.2 Å². The summed E-state index contributed by atoms with van der Waals surface area (Å²) in [6.07, 6.45) is 0.429. The SMILES string of the molecule is C=CCN(C(=O)OCC)S(=O)(=O)c1ccccc1. The first-order chi connectivity index (χ1) is 8.54. The Balaban J connectivity index is 3.12. The van der Waals surface area contributed by atoms with Crippen LogP contribution in [0.15, 0.2) is 47.9 Å². The molecule has 18 heavy (non-hydrogen) atoms. The Morgan fingerprint density at radius 1 is 1.39 bits per heavy atom. The highest BCUT2D eigenvalue weighted by molar-refractivity contribution is 7.89. The minimum absolute atomic E-state index is 0.0416. The standard InChI is InChI=1S/C12H15NO4S/c1-3-10-13(12(14)17-4-2)18(15,16)11-8-6-5-7-9-11/h3,5-9H,1,4,10H2,2H3. The lowest BCUT2D eigenvalue weighted by Gasteiger charge is -2.20. The molecule has 0 aromatic heterocycles. The van der Waals surface area contributed by atoms with Crippen molar-refractivity contribution in [3.05, 3.63) is 43.0 Å². The van der Waals surface area contributed by atoms with Crippen LogP contribution in [0, 0.1) is 0 Å². The predicted molar refractivity (Wildman–Crippen MR) is 67.6 cm³/mol.